The van der Waals surface area contributed by atoms with Crippen LogP contribution in [0, 0.1) is 0 Å². The van der Waals surface area contributed by atoms with Gasteiger partial charge in [-0.25, -0.2) is 0 Å². The summed E-state index contributed by atoms with van der Waals surface area (Å²) in [5.74, 6) is 1.53. The minimum absolute atomic E-state index is 0.0391. The molecule has 0 aromatic heterocycles. The number of hydrogen-bond acceptors (Lipinski definition) is 4. The average Bonchev–Trinajstić information content (AvgIpc) is 2.48. The molecule has 0 spiro atoms. The van der Waals surface area contributed by atoms with Gasteiger partial charge in [0.05, 0.1) is 26.2 Å². The molecule has 1 fully saturated rings. The van der Waals surface area contributed by atoms with Gasteiger partial charge in [-0.05, 0) is 37.1 Å². The number of carbonyl (C=O) groups excluding carboxylic acids is 1. The molecule has 1 aliphatic rings. The minimum Gasteiger partial charge on any atom is -0.497 e. The number of β-amino-alcohol motifs (C(OH)–C–C–N with tert-alkyl or cyclic N) is 1. The van der Waals surface area contributed by atoms with Crippen LogP contribution in [0.1, 0.15) is 19.3 Å². The molecule has 1 amide bonds. The maximum absolute atomic E-state index is 11.9. The van der Waals surface area contributed by atoms with Gasteiger partial charge in [0.2, 0.25) is 5.91 Å². The van der Waals surface area contributed by atoms with E-state index in [1.54, 1.807) is 12.0 Å². The van der Waals surface area contributed by atoms with Crippen LogP contribution in [-0.2, 0) is 4.79 Å². The second kappa shape index (κ2) is 7.14. The van der Waals surface area contributed by atoms with E-state index in [4.69, 9.17) is 9.47 Å². The molecule has 20 heavy (non-hydrogen) atoms. The zero-order valence-corrected chi connectivity index (χ0v) is 11.7. The first kappa shape index (κ1) is 14.7. The normalized spacial score (nSPS) is 18.7. The number of nitrogens with zero attached hydrogens (tertiary/aromatic N) is 1. The lowest BCUT2D eigenvalue weighted by Gasteiger charge is -2.30. The number of amides is 1. The van der Waals surface area contributed by atoms with Crippen LogP contribution in [0.25, 0.3) is 0 Å². The fourth-order valence-electron chi connectivity index (χ4n) is 2.27. The lowest BCUT2D eigenvalue weighted by molar-refractivity contribution is -0.134. The van der Waals surface area contributed by atoms with Crippen LogP contribution in [0.15, 0.2) is 24.3 Å². The second-order valence-electron chi connectivity index (χ2n) is 4.91. The Morgan fingerprint density at radius 3 is 2.70 bits per heavy atom. The predicted octanol–water partition coefficient (Wildman–Crippen LogP) is 1.45. The molecule has 1 atom stereocenters. The van der Waals surface area contributed by atoms with Crippen molar-refractivity contribution in [1.82, 2.24) is 4.90 Å². The van der Waals surface area contributed by atoms with Crippen molar-refractivity contribution in [2.24, 2.45) is 0 Å². The smallest absolute Gasteiger partial charge is 0.226 e. The van der Waals surface area contributed by atoms with Crippen LogP contribution in [-0.4, -0.2) is 48.8 Å². The van der Waals surface area contributed by atoms with Crippen LogP contribution in [0.5, 0.6) is 11.5 Å². The Bertz CT molecular complexity index is 432. The summed E-state index contributed by atoms with van der Waals surface area (Å²) in [6.45, 7) is 1.53. The van der Waals surface area contributed by atoms with Crippen LogP contribution in [0.4, 0.5) is 0 Å². The molecular weight excluding hydrogens is 258 g/mol. The molecule has 0 bridgehead atoms. The Morgan fingerprint density at radius 2 is 2.05 bits per heavy atom. The molecular formula is C15H21NO4. The number of rotatable bonds is 5. The molecule has 1 aromatic carbocycles. The predicted molar refractivity (Wildman–Crippen MR) is 74.9 cm³/mol. The molecule has 110 valence electrons. The van der Waals surface area contributed by atoms with E-state index in [1.807, 2.05) is 24.3 Å². The highest BCUT2D eigenvalue weighted by Gasteiger charge is 2.21. The second-order valence-corrected chi connectivity index (χ2v) is 4.91. The van der Waals surface area contributed by atoms with Crippen molar-refractivity contribution in [2.45, 2.75) is 25.4 Å². The molecule has 1 N–H and O–H groups in total. The number of aliphatic hydroxyl groups excluding tert-OH is 1. The van der Waals surface area contributed by atoms with Gasteiger partial charge < -0.3 is 19.5 Å². The minimum atomic E-state index is -0.379. The molecule has 1 aromatic rings. The third-order valence-electron chi connectivity index (χ3n) is 3.39. The van der Waals surface area contributed by atoms with Crippen LogP contribution >= 0.6 is 0 Å². The van der Waals surface area contributed by atoms with E-state index in [-0.39, 0.29) is 12.0 Å². The summed E-state index contributed by atoms with van der Waals surface area (Å²) in [6.07, 6.45) is 1.60. The number of hydrogen-bond donors (Lipinski definition) is 1. The first-order valence-corrected chi connectivity index (χ1v) is 6.91. The zero-order chi connectivity index (χ0) is 14.4. The van der Waals surface area contributed by atoms with E-state index in [0.29, 0.717) is 19.6 Å². The van der Waals surface area contributed by atoms with Gasteiger partial charge in [0.1, 0.15) is 11.5 Å². The lowest BCUT2D eigenvalue weighted by atomic mass is 10.1. The van der Waals surface area contributed by atoms with Crippen molar-refractivity contribution in [1.29, 1.82) is 0 Å². The van der Waals surface area contributed by atoms with Gasteiger partial charge in [0, 0.05) is 13.1 Å². The molecule has 0 radical (unpaired) electrons. The molecule has 0 saturated carbocycles. The fraction of sp³-hybridized carbons (Fsp3) is 0.533. The van der Waals surface area contributed by atoms with Crippen molar-refractivity contribution < 1.29 is 19.4 Å². The quantitative estimate of drug-likeness (QED) is 0.886. The molecule has 5 heteroatoms. The summed E-state index contributed by atoms with van der Waals surface area (Å²) in [6, 6.07) is 7.26. The molecule has 2 rings (SSSR count). The maximum Gasteiger partial charge on any atom is 0.226 e. The highest BCUT2D eigenvalue weighted by Crippen LogP contribution is 2.17. The topological polar surface area (TPSA) is 59.0 Å². The Morgan fingerprint density at radius 1 is 1.35 bits per heavy atom. The van der Waals surface area contributed by atoms with Crippen molar-refractivity contribution >= 4 is 5.91 Å². The summed E-state index contributed by atoms with van der Waals surface area (Å²) in [5.41, 5.74) is 0. The lowest BCUT2D eigenvalue weighted by Crippen LogP contribution is -2.42. The van der Waals surface area contributed by atoms with Crippen LogP contribution < -0.4 is 9.47 Å². The number of ether oxygens (including phenoxy) is 2. The highest BCUT2D eigenvalue weighted by atomic mass is 16.5. The van der Waals surface area contributed by atoms with Gasteiger partial charge in [-0.15, -0.1) is 0 Å². The SMILES string of the molecule is COc1ccc(OCCC(=O)N2CCCC(O)C2)cc1. The maximum atomic E-state index is 11.9. The fourth-order valence-corrected chi connectivity index (χ4v) is 2.27. The highest BCUT2D eigenvalue weighted by molar-refractivity contribution is 5.76. The van der Waals surface area contributed by atoms with E-state index < -0.39 is 0 Å². The number of piperidine rings is 1. The van der Waals surface area contributed by atoms with E-state index in [9.17, 15) is 9.90 Å². The zero-order valence-electron chi connectivity index (χ0n) is 11.7. The van der Waals surface area contributed by atoms with Crippen molar-refractivity contribution in [3.8, 4) is 11.5 Å². The molecule has 0 aliphatic carbocycles. The largest absolute Gasteiger partial charge is 0.497 e. The Kier molecular flexibility index (Phi) is 5.24. The number of methoxy groups -OCH3 is 1. The van der Waals surface area contributed by atoms with Crippen molar-refractivity contribution in [2.75, 3.05) is 26.8 Å². The van der Waals surface area contributed by atoms with Gasteiger partial charge in [-0.3, -0.25) is 4.79 Å². The summed E-state index contributed by atoms with van der Waals surface area (Å²) in [4.78, 5) is 13.7. The standard InChI is InChI=1S/C15H21NO4/c1-19-13-4-6-14(7-5-13)20-10-8-15(18)16-9-2-3-12(17)11-16/h4-7,12,17H,2-3,8-11H2,1H3. The first-order valence-electron chi connectivity index (χ1n) is 6.91. The third kappa shape index (κ3) is 4.13. The van der Waals surface area contributed by atoms with Crippen LogP contribution in [0.2, 0.25) is 0 Å². The van der Waals surface area contributed by atoms with Gasteiger partial charge in [0.15, 0.2) is 0 Å². The van der Waals surface area contributed by atoms with E-state index in [1.165, 1.54) is 0 Å². The summed E-state index contributed by atoms with van der Waals surface area (Å²) >= 11 is 0. The van der Waals surface area contributed by atoms with Gasteiger partial charge in [0.25, 0.3) is 0 Å². The number of likely N-dealkylation sites (tertiary alicyclic amines) is 1. The average molecular weight is 279 g/mol. The summed E-state index contributed by atoms with van der Waals surface area (Å²) < 4.78 is 10.6. The molecule has 1 saturated heterocycles. The number of aliphatic hydroxyl groups is 1. The van der Waals surface area contributed by atoms with Crippen molar-refractivity contribution in [3.63, 3.8) is 0 Å². The monoisotopic (exact) mass is 279 g/mol. The summed E-state index contributed by atoms with van der Waals surface area (Å²) in [5, 5.41) is 9.54. The molecule has 5 nitrogen and oxygen atoms in total. The third-order valence-corrected chi connectivity index (χ3v) is 3.39. The van der Waals surface area contributed by atoms with E-state index >= 15 is 0 Å². The van der Waals surface area contributed by atoms with Crippen LogP contribution in [0.3, 0.4) is 0 Å². The number of carbonyl (C=O) groups is 1. The molecule has 1 unspecified atom stereocenters. The van der Waals surface area contributed by atoms with Gasteiger partial charge >= 0.3 is 0 Å². The Labute approximate surface area is 119 Å². The Balaban J connectivity index is 1.73. The van der Waals surface area contributed by atoms with E-state index in [0.717, 1.165) is 30.9 Å². The van der Waals surface area contributed by atoms with E-state index in [2.05, 4.69) is 0 Å². The Hall–Kier alpha value is -1.75. The molecule has 1 aliphatic heterocycles. The summed E-state index contributed by atoms with van der Waals surface area (Å²) in [7, 11) is 1.61. The molecule has 1 heterocycles. The van der Waals surface area contributed by atoms with Gasteiger partial charge in [-0.2, -0.15) is 0 Å². The number of benzene rings is 1. The first-order chi connectivity index (χ1) is 9.69. The van der Waals surface area contributed by atoms with Gasteiger partial charge in [-0.1, -0.05) is 0 Å². The van der Waals surface area contributed by atoms with Crippen molar-refractivity contribution in [3.05, 3.63) is 24.3 Å².